The van der Waals surface area contributed by atoms with Crippen LogP contribution in [0.3, 0.4) is 0 Å². The van der Waals surface area contributed by atoms with Crippen molar-refractivity contribution >= 4 is 33.9 Å². The lowest BCUT2D eigenvalue weighted by Gasteiger charge is -2.13. The van der Waals surface area contributed by atoms with Crippen LogP contribution in [-0.4, -0.2) is 15.8 Å². The number of carbonyl (C=O) groups excluding carboxylic acids is 1. The van der Waals surface area contributed by atoms with Crippen molar-refractivity contribution in [3.8, 4) is 5.75 Å². The number of hydrogen-bond acceptors (Lipinski definition) is 6. The molecule has 0 aliphatic carbocycles. The van der Waals surface area contributed by atoms with Gasteiger partial charge in [0.2, 0.25) is 0 Å². The number of aromatic nitrogens is 2. The minimum absolute atomic E-state index is 0.0317. The van der Waals surface area contributed by atoms with Crippen LogP contribution in [0.4, 0.5) is 21.6 Å². The molecule has 4 aromatic rings. The fourth-order valence-corrected chi connectivity index (χ4v) is 3.06. The minimum Gasteiger partial charge on any atom is -0.487 e. The molecule has 7 heteroatoms. The second-order valence-electron chi connectivity index (χ2n) is 6.81. The Morgan fingerprint density at radius 1 is 1.10 bits per heavy atom. The Morgan fingerprint density at radius 2 is 1.97 bits per heavy atom. The summed E-state index contributed by atoms with van der Waals surface area (Å²) in [6, 6.07) is 16.8. The Morgan fingerprint density at radius 3 is 2.73 bits per heavy atom. The van der Waals surface area contributed by atoms with Gasteiger partial charge in [0, 0.05) is 16.6 Å². The van der Waals surface area contributed by atoms with E-state index >= 15 is 0 Å². The van der Waals surface area contributed by atoms with E-state index < -0.39 is 0 Å². The number of Topliss-reactive ketones (excluding diaryl/α,β-unsaturated/α-hetero) is 1. The Labute approximate surface area is 172 Å². The molecule has 4 rings (SSSR count). The summed E-state index contributed by atoms with van der Waals surface area (Å²) in [6.45, 7) is 1.72. The van der Waals surface area contributed by atoms with Crippen molar-refractivity contribution in [1.29, 1.82) is 0 Å². The molecular weight excluding hydrogens is 383 g/mol. The van der Waals surface area contributed by atoms with Gasteiger partial charge in [-0.2, -0.15) is 0 Å². The van der Waals surface area contributed by atoms with E-state index in [1.165, 1.54) is 25.4 Å². The van der Waals surface area contributed by atoms with Gasteiger partial charge in [-0.1, -0.05) is 12.1 Å². The van der Waals surface area contributed by atoms with Crippen molar-refractivity contribution < 1.29 is 13.9 Å². The summed E-state index contributed by atoms with van der Waals surface area (Å²) in [4.78, 5) is 20.3. The number of benzene rings is 3. The molecule has 0 saturated carbocycles. The summed E-state index contributed by atoms with van der Waals surface area (Å²) in [7, 11) is 0. The van der Waals surface area contributed by atoms with Crippen LogP contribution in [0.5, 0.6) is 5.75 Å². The second kappa shape index (κ2) is 8.16. The number of nitrogens with one attached hydrogen (secondary N) is 1. The van der Waals surface area contributed by atoms with E-state index in [1.54, 1.807) is 48.5 Å². The Kier molecular flexibility index (Phi) is 5.26. The molecule has 0 unspecified atom stereocenters. The number of rotatable bonds is 6. The average Bonchev–Trinajstić information content (AvgIpc) is 2.73. The number of nitrogens with two attached hydrogens (primary N) is 1. The van der Waals surface area contributed by atoms with E-state index in [2.05, 4.69) is 15.3 Å². The molecule has 150 valence electrons. The predicted molar refractivity (Wildman–Crippen MR) is 114 cm³/mol. The quantitative estimate of drug-likeness (QED) is 0.353. The summed E-state index contributed by atoms with van der Waals surface area (Å²) in [5.41, 5.74) is 9.29. The number of hydrogen-bond donors (Lipinski definition) is 2. The first kappa shape index (κ1) is 19.3. The van der Waals surface area contributed by atoms with Gasteiger partial charge in [0.05, 0.1) is 11.2 Å². The minimum atomic E-state index is -0.311. The maximum atomic E-state index is 13.3. The van der Waals surface area contributed by atoms with Gasteiger partial charge in [-0.15, -0.1) is 0 Å². The lowest BCUT2D eigenvalue weighted by molar-refractivity contribution is 0.101. The zero-order valence-corrected chi connectivity index (χ0v) is 16.2. The lowest BCUT2D eigenvalue weighted by atomic mass is 10.1. The maximum Gasteiger partial charge on any atom is 0.159 e. The summed E-state index contributed by atoms with van der Waals surface area (Å²) < 4.78 is 19.0. The first-order chi connectivity index (χ1) is 14.5. The molecular formula is C23H19FN4O2. The van der Waals surface area contributed by atoms with Crippen molar-refractivity contribution in [2.45, 2.75) is 13.5 Å². The molecule has 6 nitrogen and oxygen atoms in total. The number of nitrogen functional groups attached to an aromatic ring is 1. The molecule has 30 heavy (non-hydrogen) atoms. The van der Waals surface area contributed by atoms with E-state index in [0.717, 1.165) is 10.9 Å². The van der Waals surface area contributed by atoms with Gasteiger partial charge in [0.25, 0.3) is 0 Å². The molecule has 0 bridgehead atoms. The fourth-order valence-electron chi connectivity index (χ4n) is 3.06. The number of nitrogens with zero attached hydrogens (tertiary/aromatic N) is 2. The van der Waals surface area contributed by atoms with E-state index in [4.69, 9.17) is 10.5 Å². The monoisotopic (exact) mass is 402 g/mol. The number of carbonyl (C=O) groups is 1. The number of fused-ring (bicyclic) bond motifs is 1. The van der Waals surface area contributed by atoms with Crippen LogP contribution in [0.25, 0.3) is 10.9 Å². The van der Waals surface area contributed by atoms with E-state index in [1.807, 2.05) is 0 Å². The smallest absolute Gasteiger partial charge is 0.159 e. The standard InChI is InChI=1S/C23H19FN4O2/c1-14(29)16-5-7-21-19(10-16)23(27-13-26-21)28-18-6-8-22(20(25)11-18)30-12-15-3-2-4-17(24)9-15/h2-11,13H,12,25H2,1H3,(H,26,27,28). The third-order valence-electron chi connectivity index (χ3n) is 4.60. The zero-order chi connectivity index (χ0) is 21.1. The highest BCUT2D eigenvalue weighted by molar-refractivity contribution is 6.00. The summed E-state index contributed by atoms with van der Waals surface area (Å²) >= 11 is 0. The molecule has 0 aliphatic rings. The first-order valence-electron chi connectivity index (χ1n) is 9.29. The van der Waals surface area contributed by atoms with Gasteiger partial charge in [-0.05, 0) is 61.0 Å². The molecule has 0 atom stereocenters. The molecule has 1 aromatic heterocycles. The SMILES string of the molecule is CC(=O)c1ccc2ncnc(Nc3ccc(OCc4cccc(F)c4)c(N)c3)c2c1. The number of halogens is 1. The predicted octanol–water partition coefficient (Wildman–Crippen LogP) is 4.88. The van der Waals surface area contributed by atoms with Gasteiger partial charge >= 0.3 is 0 Å². The molecule has 0 fully saturated rings. The third-order valence-corrected chi connectivity index (χ3v) is 4.60. The highest BCUT2D eigenvalue weighted by atomic mass is 19.1. The molecule has 0 radical (unpaired) electrons. The van der Waals surface area contributed by atoms with Crippen molar-refractivity contribution in [2.24, 2.45) is 0 Å². The van der Waals surface area contributed by atoms with Crippen LogP contribution in [-0.2, 0) is 6.61 Å². The van der Waals surface area contributed by atoms with Gasteiger partial charge in [-0.25, -0.2) is 14.4 Å². The first-order valence-corrected chi connectivity index (χ1v) is 9.29. The van der Waals surface area contributed by atoms with Gasteiger partial charge in [0.15, 0.2) is 5.78 Å². The molecule has 0 aliphatic heterocycles. The molecule has 0 saturated heterocycles. The Bertz CT molecular complexity index is 1240. The summed E-state index contributed by atoms with van der Waals surface area (Å²) in [5, 5.41) is 3.95. The van der Waals surface area contributed by atoms with E-state index in [0.29, 0.717) is 34.1 Å². The number of ketones is 1. The number of anilines is 3. The Balaban J connectivity index is 1.55. The van der Waals surface area contributed by atoms with Crippen LogP contribution >= 0.6 is 0 Å². The largest absolute Gasteiger partial charge is 0.487 e. The topological polar surface area (TPSA) is 90.1 Å². The van der Waals surface area contributed by atoms with Gasteiger partial charge < -0.3 is 15.8 Å². The molecule has 3 aromatic carbocycles. The van der Waals surface area contributed by atoms with Crippen molar-refractivity contribution in [2.75, 3.05) is 11.1 Å². The molecule has 0 amide bonds. The Hall–Kier alpha value is -4.00. The third kappa shape index (κ3) is 4.20. The summed E-state index contributed by atoms with van der Waals surface area (Å²) in [5.74, 6) is 0.719. The van der Waals surface area contributed by atoms with Crippen LogP contribution in [0, 0.1) is 5.82 Å². The van der Waals surface area contributed by atoms with Crippen LogP contribution in [0.1, 0.15) is 22.8 Å². The van der Waals surface area contributed by atoms with Crippen LogP contribution in [0.2, 0.25) is 0 Å². The molecule has 0 spiro atoms. The number of ether oxygens (including phenoxy) is 1. The van der Waals surface area contributed by atoms with Crippen molar-refractivity contribution in [1.82, 2.24) is 9.97 Å². The van der Waals surface area contributed by atoms with Crippen LogP contribution in [0.15, 0.2) is 67.0 Å². The molecule has 3 N–H and O–H groups in total. The fraction of sp³-hybridized carbons (Fsp3) is 0.0870. The van der Waals surface area contributed by atoms with Crippen molar-refractivity contribution in [3.05, 3.63) is 83.9 Å². The normalized spacial score (nSPS) is 10.7. The second-order valence-corrected chi connectivity index (χ2v) is 6.81. The summed E-state index contributed by atoms with van der Waals surface area (Å²) in [6.07, 6.45) is 1.46. The lowest BCUT2D eigenvalue weighted by Crippen LogP contribution is -2.01. The average molecular weight is 402 g/mol. The van der Waals surface area contributed by atoms with Crippen LogP contribution < -0.4 is 15.8 Å². The van der Waals surface area contributed by atoms with Gasteiger partial charge in [0.1, 0.15) is 30.3 Å². The molecule has 1 heterocycles. The maximum absolute atomic E-state index is 13.3. The van der Waals surface area contributed by atoms with Gasteiger partial charge in [-0.3, -0.25) is 4.79 Å². The van der Waals surface area contributed by atoms with Crippen molar-refractivity contribution in [3.63, 3.8) is 0 Å². The highest BCUT2D eigenvalue weighted by Gasteiger charge is 2.09. The van der Waals surface area contributed by atoms with E-state index in [-0.39, 0.29) is 18.2 Å². The zero-order valence-electron chi connectivity index (χ0n) is 16.2. The highest BCUT2D eigenvalue weighted by Crippen LogP contribution is 2.29. The van der Waals surface area contributed by atoms with E-state index in [9.17, 15) is 9.18 Å².